The quantitative estimate of drug-likeness (QED) is 0.613. The third kappa shape index (κ3) is 5.08. The van der Waals surface area contributed by atoms with E-state index in [1.807, 2.05) is 36.9 Å². The molecule has 2 unspecified atom stereocenters. The first-order valence-corrected chi connectivity index (χ1v) is 12.9. The molecule has 2 amide bonds. The highest BCUT2D eigenvalue weighted by atomic mass is 35.5. The molecule has 1 heterocycles. The van der Waals surface area contributed by atoms with Crippen LogP contribution in [0.3, 0.4) is 0 Å². The van der Waals surface area contributed by atoms with Gasteiger partial charge in [0.1, 0.15) is 0 Å². The Hall–Kier alpha value is -2.58. The zero-order valence-electron chi connectivity index (χ0n) is 20.1. The van der Waals surface area contributed by atoms with E-state index in [0.29, 0.717) is 29.5 Å². The summed E-state index contributed by atoms with van der Waals surface area (Å²) in [5.74, 6) is 0.0191. The maximum absolute atomic E-state index is 13.9. The standard InChI is InChI=1S/C28H34ClN3O2/c1-18-8-6-9-19(2)25(18)28(34)32-15-7-12-23(26(32)20-10-4-3-5-11-20)27(33)31-24-16-22(29)14-13-21(24)17-30/h6,8-9,13-14,20,23-24,26H,3-5,7,10-12,15-16H2,1-2H3,(H,31,33)/t23?,24?,26-/m0/s1. The van der Waals surface area contributed by atoms with Gasteiger partial charge in [-0.2, -0.15) is 5.26 Å². The molecule has 2 fully saturated rings. The van der Waals surface area contributed by atoms with Crippen LogP contribution < -0.4 is 5.32 Å². The third-order valence-electron chi connectivity index (χ3n) is 7.78. The first-order valence-electron chi connectivity index (χ1n) is 12.5. The molecule has 1 aliphatic heterocycles. The van der Waals surface area contributed by atoms with Gasteiger partial charge in [0.25, 0.3) is 5.91 Å². The lowest BCUT2D eigenvalue weighted by Crippen LogP contribution is -2.57. The molecule has 0 aromatic heterocycles. The second-order valence-electron chi connectivity index (χ2n) is 10.0. The van der Waals surface area contributed by atoms with E-state index in [4.69, 9.17) is 11.6 Å². The number of rotatable bonds is 4. The Kier molecular flexibility index (Phi) is 7.78. The highest BCUT2D eigenvalue weighted by Gasteiger charge is 2.44. The van der Waals surface area contributed by atoms with Gasteiger partial charge in [0.05, 0.1) is 23.6 Å². The topological polar surface area (TPSA) is 73.2 Å². The van der Waals surface area contributed by atoms with Crippen LogP contribution in [0, 0.1) is 37.0 Å². The Morgan fingerprint density at radius 3 is 2.44 bits per heavy atom. The summed E-state index contributed by atoms with van der Waals surface area (Å²) in [7, 11) is 0. The van der Waals surface area contributed by atoms with E-state index >= 15 is 0 Å². The lowest BCUT2D eigenvalue weighted by atomic mass is 9.74. The van der Waals surface area contributed by atoms with Crippen LogP contribution >= 0.6 is 11.6 Å². The molecule has 34 heavy (non-hydrogen) atoms. The lowest BCUT2D eigenvalue weighted by Gasteiger charge is -2.46. The van der Waals surface area contributed by atoms with E-state index in [2.05, 4.69) is 11.4 Å². The van der Waals surface area contributed by atoms with Crippen LogP contribution in [0.1, 0.15) is 72.9 Å². The highest BCUT2D eigenvalue weighted by molar-refractivity contribution is 6.29. The van der Waals surface area contributed by atoms with Gasteiger partial charge in [0.15, 0.2) is 0 Å². The van der Waals surface area contributed by atoms with Crippen molar-refractivity contribution < 1.29 is 9.59 Å². The van der Waals surface area contributed by atoms with E-state index in [1.165, 1.54) is 6.42 Å². The largest absolute Gasteiger partial charge is 0.348 e. The fourth-order valence-corrected chi connectivity index (χ4v) is 6.31. The average Bonchev–Trinajstić information content (AvgIpc) is 2.84. The third-order valence-corrected chi connectivity index (χ3v) is 8.06. The number of halogens is 1. The Balaban J connectivity index is 1.63. The maximum Gasteiger partial charge on any atom is 0.254 e. The number of allylic oxidation sites excluding steroid dienone is 2. The minimum absolute atomic E-state index is 0.0462. The van der Waals surface area contributed by atoms with Gasteiger partial charge in [0.2, 0.25) is 5.91 Å². The monoisotopic (exact) mass is 479 g/mol. The number of nitriles is 1. The minimum atomic E-state index is -0.410. The highest BCUT2D eigenvalue weighted by Crippen LogP contribution is 2.38. The Morgan fingerprint density at radius 1 is 1.06 bits per heavy atom. The van der Waals surface area contributed by atoms with E-state index in [9.17, 15) is 14.9 Å². The number of piperidine rings is 1. The second kappa shape index (κ2) is 10.8. The molecule has 180 valence electrons. The van der Waals surface area contributed by atoms with Crippen LogP contribution in [0.4, 0.5) is 0 Å². The van der Waals surface area contributed by atoms with Crippen molar-refractivity contribution in [3.05, 3.63) is 57.6 Å². The summed E-state index contributed by atoms with van der Waals surface area (Å²) in [6.07, 6.45) is 11.0. The van der Waals surface area contributed by atoms with Gasteiger partial charge < -0.3 is 10.2 Å². The zero-order valence-corrected chi connectivity index (χ0v) is 20.9. The van der Waals surface area contributed by atoms with Crippen LogP contribution in [0.15, 0.2) is 41.0 Å². The summed E-state index contributed by atoms with van der Waals surface area (Å²) in [6, 6.07) is 7.62. The van der Waals surface area contributed by atoms with Crippen molar-refractivity contribution in [1.82, 2.24) is 10.2 Å². The van der Waals surface area contributed by atoms with Crippen LogP contribution in [0.2, 0.25) is 0 Å². The zero-order chi connectivity index (χ0) is 24.2. The molecule has 6 heteroatoms. The molecule has 1 N–H and O–H groups in total. The summed E-state index contributed by atoms with van der Waals surface area (Å²) < 4.78 is 0. The molecule has 1 aromatic carbocycles. The van der Waals surface area contributed by atoms with Crippen molar-refractivity contribution in [3.63, 3.8) is 0 Å². The molecule has 3 aliphatic rings. The molecule has 0 bridgehead atoms. The number of carbonyl (C=O) groups is 2. The van der Waals surface area contributed by atoms with E-state index in [1.54, 1.807) is 12.2 Å². The predicted molar refractivity (Wildman–Crippen MR) is 134 cm³/mol. The SMILES string of the molecule is Cc1cccc(C)c1C(=O)N1CCCC(C(=O)NC2CC(Cl)=CC=C2C#N)[C@@H]1C1CCCCC1. The van der Waals surface area contributed by atoms with Gasteiger partial charge in [-0.05, 0) is 68.7 Å². The number of likely N-dealkylation sites (tertiary alicyclic amines) is 1. The van der Waals surface area contributed by atoms with Crippen LogP contribution in [-0.4, -0.2) is 35.3 Å². The van der Waals surface area contributed by atoms with E-state index in [-0.39, 0.29) is 23.8 Å². The number of hydrogen-bond acceptors (Lipinski definition) is 3. The molecule has 2 aliphatic carbocycles. The Labute approximate surface area is 207 Å². The summed E-state index contributed by atoms with van der Waals surface area (Å²) in [5.41, 5.74) is 3.24. The fourth-order valence-electron chi connectivity index (χ4n) is 6.09. The van der Waals surface area contributed by atoms with Gasteiger partial charge in [-0.15, -0.1) is 0 Å². The molecule has 5 nitrogen and oxygen atoms in total. The molecule has 3 atom stereocenters. The molecule has 4 rings (SSSR count). The first-order chi connectivity index (χ1) is 16.4. The maximum atomic E-state index is 13.9. The summed E-state index contributed by atoms with van der Waals surface area (Å²) in [5, 5.41) is 13.3. The van der Waals surface area contributed by atoms with E-state index in [0.717, 1.165) is 55.2 Å². The first kappa shape index (κ1) is 24.5. The van der Waals surface area contributed by atoms with Crippen molar-refractivity contribution in [2.24, 2.45) is 11.8 Å². The van der Waals surface area contributed by atoms with Crippen LogP contribution in [-0.2, 0) is 4.79 Å². The van der Waals surface area contributed by atoms with Gasteiger partial charge in [0, 0.05) is 29.6 Å². The van der Waals surface area contributed by atoms with Gasteiger partial charge in [-0.25, -0.2) is 0 Å². The van der Waals surface area contributed by atoms with Gasteiger partial charge in [-0.1, -0.05) is 49.1 Å². The van der Waals surface area contributed by atoms with Crippen molar-refractivity contribution in [2.75, 3.05) is 6.54 Å². The summed E-state index contributed by atoms with van der Waals surface area (Å²) in [4.78, 5) is 29.6. The minimum Gasteiger partial charge on any atom is -0.348 e. The molecule has 0 radical (unpaired) electrons. The lowest BCUT2D eigenvalue weighted by molar-refractivity contribution is -0.130. The van der Waals surface area contributed by atoms with Crippen molar-refractivity contribution >= 4 is 23.4 Å². The predicted octanol–water partition coefficient (Wildman–Crippen LogP) is 5.57. The fraction of sp³-hybridized carbons (Fsp3) is 0.536. The average molecular weight is 480 g/mol. The molecule has 1 saturated heterocycles. The van der Waals surface area contributed by atoms with Gasteiger partial charge >= 0.3 is 0 Å². The summed E-state index contributed by atoms with van der Waals surface area (Å²) >= 11 is 6.22. The number of hydrogen-bond donors (Lipinski definition) is 1. The normalized spacial score (nSPS) is 25.7. The van der Waals surface area contributed by atoms with Crippen LogP contribution in [0.5, 0.6) is 0 Å². The smallest absolute Gasteiger partial charge is 0.254 e. The molecular formula is C28H34ClN3O2. The second-order valence-corrected chi connectivity index (χ2v) is 10.5. The molecular weight excluding hydrogens is 446 g/mol. The van der Waals surface area contributed by atoms with Crippen molar-refractivity contribution in [3.8, 4) is 6.07 Å². The number of nitrogens with zero attached hydrogens (tertiary/aromatic N) is 2. The number of nitrogens with one attached hydrogen (secondary N) is 1. The van der Waals surface area contributed by atoms with E-state index < -0.39 is 6.04 Å². The van der Waals surface area contributed by atoms with Crippen molar-refractivity contribution in [2.45, 2.75) is 77.3 Å². The molecule has 0 spiro atoms. The number of aryl methyl sites for hydroxylation is 2. The number of amides is 2. The Morgan fingerprint density at radius 2 is 1.76 bits per heavy atom. The van der Waals surface area contributed by atoms with Crippen LogP contribution in [0.25, 0.3) is 0 Å². The van der Waals surface area contributed by atoms with Gasteiger partial charge in [-0.3, -0.25) is 9.59 Å². The van der Waals surface area contributed by atoms with Crippen molar-refractivity contribution in [1.29, 1.82) is 5.26 Å². The molecule has 1 saturated carbocycles. The number of carbonyl (C=O) groups excluding carboxylic acids is 2. The number of benzene rings is 1. The Bertz CT molecular complexity index is 1030. The summed E-state index contributed by atoms with van der Waals surface area (Å²) in [6.45, 7) is 4.65. The molecule has 1 aromatic rings.